The van der Waals surface area contributed by atoms with Crippen molar-refractivity contribution >= 4 is 5.97 Å². The Kier molecular flexibility index (Phi) is 4.95. The molecule has 1 rings (SSSR count). The molecule has 4 nitrogen and oxygen atoms in total. The van der Waals surface area contributed by atoms with E-state index in [2.05, 4.69) is 38.0 Å². The highest BCUT2D eigenvalue weighted by Gasteiger charge is 2.48. The third-order valence-electron chi connectivity index (χ3n) is 3.72. The third kappa shape index (κ3) is 3.19. The maximum absolute atomic E-state index is 12.2. The van der Waals surface area contributed by atoms with E-state index in [-0.39, 0.29) is 5.97 Å². The predicted molar refractivity (Wildman–Crippen MR) is 69.0 cm³/mol. The second-order valence-electron chi connectivity index (χ2n) is 5.22. The number of rotatable bonds is 5. The van der Waals surface area contributed by atoms with E-state index in [1.165, 1.54) is 0 Å². The Morgan fingerprint density at radius 2 is 2.24 bits per heavy atom. The van der Waals surface area contributed by atoms with Gasteiger partial charge >= 0.3 is 5.97 Å². The van der Waals surface area contributed by atoms with Crippen LogP contribution < -0.4 is 5.32 Å². The number of likely N-dealkylation sites (tertiary alicyclic amines) is 1. The molecule has 1 aliphatic heterocycles. The quantitative estimate of drug-likeness (QED) is 0.740. The molecule has 3 unspecified atom stereocenters. The summed E-state index contributed by atoms with van der Waals surface area (Å²) in [6.07, 6.45) is 1.84. The number of likely N-dealkylation sites (N-methyl/N-ethyl adjacent to an activating group) is 1. The minimum atomic E-state index is -0.514. The van der Waals surface area contributed by atoms with Crippen molar-refractivity contribution in [3.8, 4) is 0 Å². The first-order chi connectivity index (χ1) is 7.95. The molecule has 0 aromatic rings. The van der Waals surface area contributed by atoms with Gasteiger partial charge in [0.1, 0.15) is 5.54 Å². The van der Waals surface area contributed by atoms with Crippen molar-refractivity contribution in [1.29, 1.82) is 0 Å². The number of hydrogen-bond acceptors (Lipinski definition) is 4. The van der Waals surface area contributed by atoms with E-state index in [0.717, 1.165) is 19.4 Å². The van der Waals surface area contributed by atoms with E-state index in [0.29, 0.717) is 18.7 Å². The maximum atomic E-state index is 12.2. The number of esters is 1. The van der Waals surface area contributed by atoms with Crippen molar-refractivity contribution in [3.63, 3.8) is 0 Å². The third-order valence-corrected chi connectivity index (χ3v) is 3.72. The molecule has 0 aromatic heterocycles. The molecular formula is C13H26N2O2. The van der Waals surface area contributed by atoms with Crippen molar-refractivity contribution in [2.75, 3.05) is 20.2 Å². The van der Waals surface area contributed by atoms with Crippen LogP contribution in [0.5, 0.6) is 0 Å². The molecule has 3 atom stereocenters. The lowest BCUT2D eigenvalue weighted by Crippen LogP contribution is -2.57. The molecule has 0 spiro atoms. The van der Waals surface area contributed by atoms with Gasteiger partial charge < -0.3 is 9.64 Å². The van der Waals surface area contributed by atoms with E-state index < -0.39 is 5.54 Å². The summed E-state index contributed by atoms with van der Waals surface area (Å²) >= 11 is 0. The molecule has 1 N–H and O–H groups in total. The fourth-order valence-corrected chi connectivity index (χ4v) is 2.46. The molecule has 1 heterocycles. The molecule has 1 fully saturated rings. The van der Waals surface area contributed by atoms with Crippen molar-refractivity contribution in [3.05, 3.63) is 0 Å². The van der Waals surface area contributed by atoms with Crippen LogP contribution in [0, 0.1) is 0 Å². The van der Waals surface area contributed by atoms with E-state index in [1.807, 2.05) is 6.92 Å². The highest BCUT2D eigenvalue weighted by molar-refractivity contribution is 5.82. The van der Waals surface area contributed by atoms with Crippen molar-refractivity contribution in [2.24, 2.45) is 0 Å². The fraction of sp³-hybridized carbons (Fsp3) is 0.923. The van der Waals surface area contributed by atoms with Gasteiger partial charge in [-0.25, -0.2) is 4.79 Å². The van der Waals surface area contributed by atoms with Crippen LogP contribution in [0.4, 0.5) is 0 Å². The molecule has 0 aliphatic carbocycles. The molecular weight excluding hydrogens is 216 g/mol. The highest BCUT2D eigenvalue weighted by atomic mass is 16.5. The number of ether oxygens (including phenoxy) is 1. The Morgan fingerprint density at radius 1 is 1.59 bits per heavy atom. The number of carbonyl (C=O) groups excluding carboxylic acids is 1. The average molecular weight is 242 g/mol. The normalized spacial score (nSPS) is 31.5. The summed E-state index contributed by atoms with van der Waals surface area (Å²) in [6, 6.07) is 0.745. The van der Waals surface area contributed by atoms with Gasteiger partial charge in [0.05, 0.1) is 6.61 Å². The lowest BCUT2D eigenvalue weighted by atomic mass is 9.94. The Bertz CT molecular complexity index is 258. The Labute approximate surface area is 105 Å². The van der Waals surface area contributed by atoms with Crippen LogP contribution in [0.25, 0.3) is 0 Å². The van der Waals surface area contributed by atoms with Crippen molar-refractivity contribution < 1.29 is 9.53 Å². The summed E-state index contributed by atoms with van der Waals surface area (Å²) in [7, 11) is 2.06. The largest absolute Gasteiger partial charge is 0.465 e. The van der Waals surface area contributed by atoms with Crippen LogP contribution in [-0.4, -0.2) is 48.7 Å². The summed E-state index contributed by atoms with van der Waals surface area (Å²) < 4.78 is 5.24. The van der Waals surface area contributed by atoms with Gasteiger partial charge in [-0.1, -0.05) is 6.92 Å². The van der Waals surface area contributed by atoms with E-state index >= 15 is 0 Å². The number of nitrogens with zero attached hydrogens (tertiary/aromatic N) is 1. The van der Waals surface area contributed by atoms with Crippen LogP contribution >= 0.6 is 0 Å². The SMILES string of the molecule is CCOC(=O)C1(NC(C)CC)CC(C)N(C)C1. The van der Waals surface area contributed by atoms with Gasteiger partial charge in [-0.2, -0.15) is 0 Å². The summed E-state index contributed by atoms with van der Waals surface area (Å²) in [5.74, 6) is -0.100. The molecule has 100 valence electrons. The van der Waals surface area contributed by atoms with Crippen LogP contribution in [-0.2, 0) is 9.53 Å². The first-order valence-electron chi connectivity index (χ1n) is 6.60. The smallest absolute Gasteiger partial charge is 0.327 e. The van der Waals surface area contributed by atoms with Crippen molar-refractivity contribution in [2.45, 2.75) is 58.2 Å². The van der Waals surface area contributed by atoms with Gasteiger partial charge in [0.25, 0.3) is 0 Å². The first-order valence-corrected chi connectivity index (χ1v) is 6.60. The average Bonchev–Trinajstić information content (AvgIpc) is 2.56. The minimum absolute atomic E-state index is 0.100. The van der Waals surface area contributed by atoms with Gasteiger partial charge in [-0.05, 0) is 40.7 Å². The zero-order valence-corrected chi connectivity index (χ0v) is 11.7. The molecule has 1 saturated heterocycles. The second kappa shape index (κ2) is 5.83. The lowest BCUT2D eigenvalue weighted by Gasteiger charge is -2.31. The molecule has 17 heavy (non-hydrogen) atoms. The van der Waals surface area contributed by atoms with Gasteiger partial charge in [0, 0.05) is 18.6 Å². The van der Waals surface area contributed by atoms with E-state index in [9.17, 15) is 4.79 Å². The summed E-state index contributed by atoms with van der Waals surface area (Å²) in [5, 5.41) is 3.47. The van der Waals surface area contributed by atoms with Gasteiger partial charge in [0.15, 0.2) is 0 Å². The Hall–Kier alpha value is -0.610. The standard InChI is InChI=1S/C13H26N2O2/c1-6-10(3)14-13(12(16)17-7-2)8-11(4)15(5)9-13/h10-11,14H,6-9H2,1-5H3. The fourth-order valence-electron chi connectivity index (χ4n) is 2.46. The van der Waals surface area contributed by atoms with Gasteiger partial charge in [-0.3, -0.25) is 5.32 Å². The maximum Gasteiger partial charge on any atom is 0.327 e. The molecule has 0 radical (unpaired) electrons. The number of nitrogens with one attached hydrogen (secondary N) is 1. The van der Waals surface area contributed by atoms with E-state index in [4.69, 9.17) is 4.74 Å². The topological polar surface area (TPSA) is 41.6 Å². The molecule has 0 amide bonds. The molecule has 0 bridgehead atoms. The molecule has 0 saturated carbocycles. The molecule has 4 heteroatoms. The molecule has 1 aliphatic rings. The zero-order valence-electron chi connectivity index (χ0n) is 11.7. The Balaban J connectivity index is 2.82. The monoisotopic (exact) mass is 242 g/mol. The zero-order chi connectivity index (χ0) is 13.1. The first kappa shape index (κ1) is 14.5. The summed E-state index contributed by atoms with van der Waals surface area (Å²) in [6.45, 7) is 9.43. The second-order valence-corrected chi connectivity index (χ2v) is 5.22. The van der Waals surface area contributed by atoms with Crippen LogP contribution in [0.3, 0.4) is 0 Å². The summed E-state index contributed by atoms with van der Waals surface area (Å²) in [4.78, 5) is 14.4. The van der Waals surface area contributed by atoms with E-state index in [1.54, 1.807) is 0 Å². The van der Waals surface area contributed by atoms with Crippen LogP contribution in [0.2, 0.25) is 0 Å². The van der Waals surface area contributed by atoms with Gasteiger partial charge in [0.2, 0.25) is 0 Å². The number of carbonyl (C=O) groups is 1. The van der Waals surface area contributed by atoms with Crippen molar-refractivity contribution in [1.82, 2.24) is 10.2 Å². The number of hydrogen-bond donors (Lipinski definition) is 1. The minimum Gasteiger partial charge on any atom is -0.465 e. The predicted octanol–water partition coefficient (Wildman–Crippen LogP) is 1.40. The van der Waals surface area contributed by atoms with Crippen LogP contribution in [0.1, 0.15) is 40.5 Å². The summed E-state index contributed by atoms with van der Waals surface area (Å²) in [5.41, 5.74) is -0.514. The van der Waals surface area contributed by atoms with Gasteiger partial charge in [-0.15, -0.1) is 0 Å². The molecule has 0 aromatic carbocycles. The lowest BCUT2D eigenvalue weighted by molar-refractivity contribution is -0.151. The van der Waals surface area contributed by atoms with Crippen LogP contribution in [0.15, 0.2) is 0 Å². The Morgan fingerprint density at radius 3 is 2.65 bits per heavy atom. The highest BCUT2D eigenvalue weighted by Crippen LogP contribution is 2.28.